The SMILES string of the molecule is CCOc1ccc(/C=N\NC(=O)c2sc(N)nc2CC)cc1OC. The van der Waals surface area contributed by atoms with Gasteiger partial charge in [-0.25, -0.2) is 10.4 Å². The van der Waals surface area contributed by atoms with Crippen LogP contribution >= 0.6 is 11.3 Å². The van der Waals surface area contributed by atoms with Crippen molar-refractivity contribution in [3.05, 3.63) is 34.3 Å². The summed E-state index contributed by atoms with van der Waals surface area (Å²) >= 11 is 1.15. The molecule has 0 radical (unpaired) electrons. The third kappa shape index (κ3) is 4.23. The van der Waals surface area contributed by atoms with Gasteiger partial charge in [-0.15, -0.1) is 0 Å². The number of ether oxygens (including phenoxy) is 2. The molecule has 0 spiro atoms. The molecule has 0 aliphatic carbocycles. The van der Waals surface area contributed by atoms with Crippen LogP contribution in [0.3, 0.4) is 0 Å². The summed E-state index contributed by atoms with van der Waals surface area (Å²) in [5, 5.41) is 4.34. The number of anilines is 1. The fraction of sp³-hybridized carbons (Fsp3) is 0.312. The van der Waals surface area contributed by atoms with Crippen LogP contribution < -0.4 is 20.6 Å². The first-order valence-electron chi connectivity index (χ1n) is 7.48. The van der Waals surface area contributed by atoms with Gasteiger partial charge in [-0.1, -0.05) is 18.3 Å². The van der Waals surface area contributed by atoms with E-state index in [1.54, 1.807) is 19.2 Å². The highest BCUT2D eigenvalue weighted by Gasteiger charge is 2.15. The maximum Gasteiger partial charge on any atom is 0.283 e. The minimum atomic E-state index is -0.324. The summed E-state index contributed by atoms with van der Waals surface area (Å²) in [6.07, 6.45) is 2.17. The standard InChI is InChI=1S/C16H20N4O3S/c1-4-11-14(24-16(17)19-11)15(21)20-18-9-10-6-7-12(23-5-2)13(8-10)22-3/h6-9H,4-5H2,1-3H3,(H2,17,19)(H,20,21)/b18-9-. The van der Waals surface area contributed by atoms with E-state index in [0.29, 0.717) is 40.2 Å². The molecular formula is C16H20N4O3S. The molecule has 0 saturated heterocycles. The lowest BCUT2D eigenvalue weighted by molar-refractivity contribution is 0.0958. The molecule has 1 aromatic carbocycles. The molecule has 0 unspecified atom stereocenters. The number of methoxy groups -OCH3 is 1. The average molecular weight is 348 g/mol. The zero-order valence-corrected chi connectivity index (χ0v) is 14.6. The van der Waals surface area contributed by atoms with E-state index in [2.05, 4.69) is 15.5 Å². The van der Waals surface area contributed by atoms with E-state index in [4.69, 9.17) is 15.2 Å². The third-order valence-electron chi connectivity index (χ3n) is 3.12. The minimum absolute atomic E-state index is 0.324. The van der Waals surface area contributed by atoms with Gasteiger partial charge < -0.3 is 15.2 Å². The smallest absolute Gasteiger partial charge is 0.283 e. The Hall–Kier alpha value is -2.61. The quantitative estimate of drug-likeness (QED) is 0.591. The van der Waals surface area contributed by atoms with Crippen molar-refractivity contribution in [3.8, 4) is 11.5 Å². The first-order valence-corrected chi connectivity index (χ1v) is 8.30. The van der Waals surface area contributed by atoms with E-state index >= 15 is 0 Å². The molecule has 7 nitrogen and oxygen atoms in total. The highest BCUT2D eigenvalue weighted by molar-refractivity contribution is 7.17. The summed E-state index contributed by atoms with van der Waals surface area (Å²) in [4.78, 5) is 16.7. The lowest BCUT2D eigenvalue weighted by Gasteiger charge is -2.09. The molecule has 2 rings (SSSR count). The highest BCUT2D eigenvalue weighted by atomic mass is 32.1. The molecular weight excluding hydrogens is 328 g/mol. The Kier molecular flexibility index (Phi) is 6.14. The van der Waals surface area contributed by atoms with E-state index < -0.39 is 0 Å². The number of nitrogens with two attached hydrogens (primary N) is 1. The lowest BCUT2D eigenvalue weighted by atomic mass is 10.2. The number of hydrogen-bond acceptors (Lipinski definition) is 7. The van der Waals surface area contributed by atoms with Crippen LogP contribution in [0.2, 0.25) is 0 Å². The molecule has 0 fully saturated rings. The van der Waals surface area contributed by atoms with Crippen LogP contribution in [0.15, 0.2) is 23.3 Å². The van der Waals surface area contributed by atoms with Crippen molar-refractivity contribution in [2.75, 3.05) is 19.5 Å². The summed E-state index contributed by atoms with van der Waals surface area (Å²) in [5.74, 6) is 0.944. The van der Waals surface area contributed by atoms with Crippen LogP contribution in [-0.4, -0.2) is 30.8 Å². The van der Waals surface area contributed by atoms with E-state index in [9.17, 15) is 4.79 Å². The topological polar surface area (TPSA) is 98.8 Å². The molecule has 128 valence electrons. The molecule has 0 atom stereocenters. The number of nitrogen functional groups attached to an aromatic ring is 1. The predicted molar refractivity (Wildman–Crippen MR) is 95.1 cm³/mol. The summed E-state index contributed by atoms with van der Waals surface area (Å²) in [7, 11) is 1.57. The maximum absolute atomic E-state index is 12.1. The third-order valence-corrected chi connectivity index (χ3v) is 4.05. The number of rotatable bonds is 7. The van der Waals surface area contributed by atoms with Crippen molar-refractivity contribution >= 4 is 28.6 Å². The molecule has 2 aromatic rings. The number of thiazole rings is 1. The van der Waals surface area contributed by atoms with Crippen molar-refractivity contribution < 1.29 is 14.3 Å². The summed E-state index contributed by atoms with van der Waals surface area (Å²) in [6.45, 7) is 4.37. The van der Waals surface area contributed by atoms with Crippen molar-refractivity contribution in [3.63, 3.8) is 0 Å². The second kappa shape index (κ2) is 8.30. The second-order valence-electron chi connectivity index (χ2n) is 4.72. The molecule has 0 saturated carbocycles. The minimum Gasteiger partial charge on any atom is -0.493 e. The zero-order valence-electron chi connectivity index (χ0n) is 13.8. The fourth-order valence-corrected chi connectivity index (χ4v) is 2.85. The Balaban J connectivity index is 2.07. The van der Waals surface area contributed by atoms with E-state index in [0.717, 1.165) is 16.9 Å². The molecule has 1 amide bonds. The Morgan fingerprint density at radius 1 is 1.42 bits per heavy atom. The number of aryl methyl sites for hydroxylation is 1. The van der Waals surface area contributed by atoms with Crippen LogP contribution in [0.25, 0.3) is 0 Å². The average Bonchev–Trinajstić information content (AvgIpc) is 2.97. The Bertz CT molecular complexity index is 743. The van der Waals surface area contributed by atoms with Gasteiger partial charge in [-0.2, -0.15) is 5.10 Å². The number of hydrazone groups is 1. The number of aromatic nitrogens is 1. The molecule has 3 N–H and O–H groups in total. The van der Waals surface area contributed by atoms with Gasteiger partial charge in [0.2, 0.25) is 0 Å². The second-order valence-corrected chi connectivity index (χ2v) is 5.75. The molecule has 24 heavy (non-hydrogen) atoms. The number of benzene rings is 1. The van der Waals surface area contributed by atoms with Gasteiger partial charge in [0, 0.05) is 0 Å². The van der Waals surface area contributed by atoms with E-state index in [1.807, 2.05) is 19.9 Å². The molecule has 1 heterocycles. The van der Waals surface area contributed by atoms with Gasteiger partial charge in [0.25, 0.3) is 5.91 Å². The van der Waals surface area contributed by atoms with Crippen LogP contribution in [0, 0.1) is 0 Å². The van der Waals surface area contributed by atoms with Gasteiger partial charge in [-0.3, -0.25) is 4.79 Å². The monoisotopic (exact) mass is 348 g/mol. The molecule has 8 heteroatoms. The van der Waals surface area contributed by atoms with Gasteiger partial charge in [0.15, 0.2) is 16.6 Å². The van der Waals surface area contributed by atoms with Crippen molar-refractivity contribution in [1.82, 2.24) is 10.4 Å². The first-order chi connectivity index (χ1) is 11.6. The molecule has 0 aliphatic heterocycles. The van der Waals surface area contributed by atoms with Crippen LogP contribution in [-0.2, 0) is 6.42 Å². The Morgan fingerprint density at radius 3 is 2.88 bits per heavy atom. The van der Waals surface area contributed by atoms with Crippen molar-refractivity contribution in [1.29, 1.82) is 0 Å². The zero-order chi connectivity index (χ0) is 17.5. The number of amides is 1. The largest absolute Gasteiger partial charge is 0.493 e. The molecule has 0 bridgehead atoms. The Labute approximate surface area is 144 Å². The van der Waals surface area contributed by atoms with E-state index in [1.165, 1.54) is 6.21 Å². The van der Waals surface area contributed by atoms with E-state index in [-0.39, 0.29) is 5.91 Å². The van der Waals surface area contributed by atoms with Gasteiger partial charge >= 0.3 is 0 Å². The first kappa shape index (κ1) is 17.7. The van der Waals surface area contributed by atoms with Crippen LogP contribution in [0.5, 0.6) is 11.5 Å². The number of hydrogen-bond donors (Lipinski definition) is 2. The van der Waals surface area contributed by atoms with Crippen molar-refractivity contribution in [2.24, 2.45) is 5.10 Å². The van der Waals surface area contributed by atoms with Crippen LogP contribution in [0.1, 0.15) is 34.8 Å². The van der Waals surface area contributed by atoms with Crippen LogP contribution in [0.4, 0.5) is 5.13 Å². The predicted octanol–water partition coefficient (Wildman–Crippen LogP) is 2.46. The Morgan fingerprint density at radius 2 is 2.21 bits per heavy atom. The van der Waals surface area contributed by atoms with Gasteiger partial charge in [-0.05, 0) is 37.1 Å². The molecule has 0 aliphatic rings. The summed E-state index contributed by atoms with van der Waals surface area (Å²) in [6, 6.07) is 5.40. The summed E-state index contributed by atoms with van der Waals surface area (Å²) in [5.41, 5.74) is 9.58. The van der Waals surface area contributed by atoms with Gasteiger partial charge in [0.1, 0.15) is 4.88 Å². The van der Waals surface area contributed by atoms with Crippen molar-refractivity contribution in [2.45, 2.75) is 20.3 Å². The number of carbonyl (C=O) groups excluding carboxylic acids is 1. The normalized spacial score (nSPS) is 10.8. The fourth-order valence-electron chi connectivity index (χ4n) is 2.04. The number of carbonyl (C=O) groups is 1. The van der Waals surface area contributed by atoms with Gasteiger partial charge in [0.05, 0.1) is 25.6 Å². The molecule has 1 aromatic heterocycles. The maximum atomic E-state index is 12.1. The highest BCUT2D eigenvalue weighted by Crippen LogP contribution is 2.27. The summed E-state index contributed by atoms with van der Waals surface area (Å²) < 4.78 is 10.7. The lowest BCUT2D eigenvalue weighted by Crippen LogP contribution is -2.17. The number of nitrogens with zero attached hydrogens (tertiary/aromatic N) is 2. The number of nitrogens with one attached hydrogen (secondary N) is 1.